The minimum absolute atomic E-state index is 0.748. The highest BCUT2D eigenvalue weighted by molar-refractivity contribution is 4.70. The lowest BCUT2D eigenvalue weighted by Gasteiger charge is -2.22. The molecule has 0 aliphatic carbocycles. The molecule has 0 saturated carbocycles. The summed E-state index contributed by atoms with van der Waals surface area (Å²) in [6, 6.07) is 0. The van der Waals surface area contributed by atoms with Crippen LogP contribution in [0.15, 0.2) is 0 Å². The molecule has 0 spiro atoms. The van der Waals surface area contributed by atoms with Crippen LogP contribution >= 0.6 is 0 Å². The first kappa shape index (κ1) is 10.4. The van der Waals surface area contributed by atoms with Crippen molar-refractivity contribution in [2.75, 3.05) is 39.5 Å². The fourth-order valence-electron chi connectivity index (χ4n) is 2.17. The van der Waals surface area contributed by atoms with Crippen LogP contribution in [0, 0.1) is 11.8 Å². The van der Waals surface area contributed by atoms with Crippen LogP contribution in [0.25, 0.3) is 0 Å². The Morgan fingerprint density at radius 3 is 2.57 bits per heavy atom. The fraction of sp³-hybridized carbons (Fsp3) is 1.00. The molecule has 1 atom stereocenters. The predicted molar refractivity (Wildman–Crippen MR) is 55.3 cm³/mol. The van der Waals surface area contributed by atoms with Crippen LogP contribution in [0.2, 0.25) is 0 Å². The summed E-state index contributed by atoms with van der Waals surface area (Å²) in [5.41, 5.74) is 0. The predicted octanol–water partition coefficient (Wildman–Crippen LogP) is 1.04. The minimum atomic E-state index is 0.748. The van der Waals surface area contributed by atoms with Crippen LogP contribution < -0.4 is 5.32 Å². The van der Waals surface area contributed by atoms with E-state index < -0.39 is 0 Å². The van der Waals surface area contributed by atoms with E-state index in [9.17, 15) is 0 Å². The molecule has 2 fully saturated rings. The lowest BCUT2D eigenvalue weighted by atomic mass is 10.0. The van der Waals surface area contributed by atoms with Crippen molar-refractivity contribution >= 4 is 0 Å². The highest BCUT2D eigenvalue weighted by atomic mass is 16.5. The van der Waals surface area contributed by atoms with Crippen LogP contribution in [0.4, 0.5) is 0 Å². The van der Waals surface area contributed by atoms with Crippen LogP contribution in [0.1, 0.15) is 19.3 Å². The average Bonchev–Trinajstić information content (AvgIpc) is 2.72. The van der Waals surface area contributed by atoms with E-state index in [0.717, 1.165) is 44.8 Å². The maximum Gasteiger partial charge on any atom is 0.0507 e. The summed E-state index contributed by atoms with van der Waals surface area (Å²) >= 11 is 0. The van der Waals surface area contributed by atoms with Crippen molar-refractivity contribution in [2.45, 2.75) is 19.3 Å². The van der Waals surface area contributed by atoms with Gasteiger partial charge in [0.1, 0.15) is 0 Å². The van der Waals surface area contributed by atoms with Crippen molar-refractivity contribution in [3.63, 3.8) is 0 Å². The second-order valence-corrected chi connectivity index (χ2v) is 4.45. The Kier molecular flexibility index (Phi) is 4.22. The summed E-state index contributed by atoms with van der Waals surface area (Å²) in [5, 5.41) is 3.36. The summed E-state index contributed by atoms with van der Waals surface area (Å²) < 4.78 is 11.1. The van der Waals surface area contributed by atoms with Gasteiger partial charge in [-0.3, -0.25) is 0 Å². The summed E-state index contributed by atoms with van der Waals surface area (Å²) in [4.78, 5) is 0. The second-order valence-electron chi connectivity index (χ2n) is 4.45. The van der Waals surface area contributed by atoms with E-state index in [1.807, 2.05) is 0 Å². The Balaban J connectivity index is 1.52. The lowest BCUT2D eigenvalue weighted by Crippen LogP contribution is -2.22. The molecular weight excluding hydrogens is 178 g/mol. The Labute approximate surface area is 86.2 Å². The van der Waals surface area contributed by atoms with Gasteiger partial charge in [0.05, 0.1) is 6.61 Å². The average molecular weight is 199 g/mol. The Morgan fingerprint density at radius 2 is 1.86 bits per heavy atom. The molecule has 1 unspecified atom stereocenters. The number of nitrogens with one attached hydrogen (secondary N) is 1. The highest BCUT2D eigenvalue weighted by Gasteiger charge is 2.17. The molecule has 3 heteroatoms. The van der Waals surface area contributed by atoms with Gasteiger partial charge >= 0.3 is 0 Å². The Hall–Kier alpha value is -0.120. The molecule has 0 aromatic heterocycles. The lowest BCUT2D eigenvalue weighted by molar-refractivity contribution is 0.0130. The standard InChI is InChI=1S/C11H21NO2/c1-4-12-7-11(1)9-14-8-10-2-5-13-6-3-10/h10-12H,1-9H2. The van der Waals surface area contributed by atoms with Gasteiger partial charge in [0, 0.05) is 26.4 Å². The largest absolute Gasteiger partial charge is 0.381 e. The highest BCUT2D eigenvalue weighted by Crippen LogP contribution is 2.16. The van der Waals surface area contributed by atoms with Gasteiger partial charge in [-0.2, -0.15) is 0 Å². The number of rotatable bonds is 4. The molecule has 0 amide bonds. The molecule has 14 heavy (non-hydrogen) atoms. The fourth-order valence-corrected chi connectivity index (χ4v) is 2.17. The third-order valence-corrected chi connectivity index (χ3v) is 3.21. The van der Waals surface area contributed by atoms with E-state index in [1.165, 1.54) is 25.8 Å². The number of ether oxygens (including phenoxy) is 2. The summed E-state index contributed by atoms with van der Waals surface area (Å²) in [6.07, 6.45) is 3.65. The monoisotopic (exact) mass is 199 g/mol. The molecule has 0 bridgehead atoms. The van der Waals surface area contributed by atoms with Crippen molar-refractivity contribution < 1.29 is 9.47 Å². The molecule has 3 nitrogen and oxygen atoms in total. The molecule has 0 aromatic rings. The Bertz CT molecular complexity index is 151. The molecule has 1 N–H and O–H groups in total. The maximum atomic E-state index is 5.76. The zero-order chi connectivity index (χ0) is 9.64. The van der Waals surface area contributed by atoms with Gasteiger partial charge in [0.15, 0.2) is 0 Å². The Morgan fingerprint density at radius 1 is 1.07 bits per heavy atom. The van der Waals surface area contributed by atoms with E-state index in [-0.39, 0.29) is 0 Å². The zero-order valence-electron chi connectivity index (χ0n) is 8.84. The van der Waals surface area contributed by atoms with Crippen LogP contribution in [0.5, 0.6) is 0 Å². The van der Waals surface area contributed by atoms with E-state index in [0.29, 0.717) is 0 Å². The van der Waals surface area contributed by atoms with Gasteiger partial charge in [0.2, 0.25) is 0 Å². The van der Waals surface area contributed by atoms with Gasteiger partial charge in [-0.05, 0) is 37.6 Å². The van der Waals surface area contributed by atoms with Crippen LogP contribution in [-0.2, 0) is 9.47 Å². The molecule has 82 valence electrons. The molecule has 2 heterocycles. The van der Waals surface area contributed by atoms with E-state index in [2.05, 4.69) is 5.32 Å². The molecule has 2 saturated heterocycles. The van der Waals surface area contributed by atoms with Crippen molar-refractivity contribution in [1.29, 1.82) is 0 Å². The molecular formula is C11H21NO2. The first-order valence-corrected chi connectivity index (χ1v) is 5.81. The first-order chi connectivity index (χ1) is 6.95. The van der Waals surface area contributed by atoms with Gasteiger partial charge in [-0.25, -0.2) is 0 Å². The molecule has 0 radical (unpaired) electrons. The summed E-state index contributed by atoms with van der Waals surface area (Å²) in [7, 11) is 0. The smallest absolute Gasteiger partial charge is 0.0507 e. The summed E-state index contributed by atoms with van der Waals surface area (Å²) in [6.45, 7) is 6.07. The second kappa shape index (κ2) is 5.69. The van der Waals surface area contributed by atoms with Crippen molar-refractivity contribution in [1.82, 2.24) is 5.32 Å². The van der Waals surface area contributed by atoms with Crippen LogP contribution in [0.3, 0.4) is 0 Å². The SMILES string of the molecule is C1CC(COCC2CCOCC2)CN1. The first-order valence-electron chi connectivity index (χ1n) is 5.81. The molecule has 0 aromatic carbocycles. The number of hydrogen-bond acceptors (Lipinski definition) is 3. The third-order valence-electron chi connectivity index (χ3n) is 3.21. The normalized spacial score (nSPS) is 29.6. The molecule has 2 aliphatic heterocycles. The van der Waals surface area contributed by atoms with E-state index in [1.54, 1.807) is 0 Å². The van der Waals surface area contributed by atoms with Gasteiger partial charge in [-0.1, -0.05) is 0 Å². The molecule has 2 aliphatic rings. The van der Waals surface area contributed by atoms with Crippen LogP contribution in [-0.4, -0.2) is 39.5 Å². The number of hydrogen-bond donors (Lipinski definition) is 1. The minimum Gasteiger partial charge on any atom is -0.381 e. The molecule has 2 rings (SSSR count). The topological polar surface area (TPSA) is 30.5 Å². The maximum absolute atomic E-state index is 5.76. The van der Waals surface area contributed by atoms with Crippen molar-refractivity contribution in [2.24, 2.45) is 11.8 Å². The van der Waals surface area contributed by atoms with E-state index >= 15 is 0 Å². The zero-order valence-corrected chi connectivity index (χ0v) is 8.84. The quantitative estimate of drug-likeness (QED) is 0.734. The summed E-state index contributed by atoms with van der Waals surface area (Å²) in [5.74, 6) is 1.51. The van der Waals surface area contributed by atoms with E-state index in [4.69, 9.17) is 9.47 Å². The van der Waals surface area contributed by atoms with Gasteiger partial charge < -0.3 is 14.8 Å². The third kappa shape index (κ3) is 3.23. The van der Waals surface area contributed by atoms with Gasteiger partial charge in [-0.15, -0.1) is 0 Å². The van der Waals surface area contributed by atoms with Gasteiger partial charge in [0.25, 0.3) is 0 Å². The van der Waals surface area contributed by atoms with Crippen molar-refractivity contribution in [3.05, 3.63) is 0 Å². The van der Waals surface area contributed by atoms with Crippen molar-refractivity contribution in [3.8, 4) is 0 Å².